The van der Waals surface area contributed by atoms with Crippen LogP contribution < -0.4 is 0 Å². The average molecular weight is 243 g/mol. The molecule has 0 aliphatic carbocycles. The Labute approximate surface area is 90.4 Å². The van der Waals surface area contributed by atoms with Crippen molar-refractivity contribution in [3.63, 3.8) is 0 Å². The summed E-state index contributed by atoms with van der Waals surface area (Å²) in [5, 5.41) is -0.501. The topological polar surface area (TPSA) is 47.0 Å². The van der Waals surface area contributed by atoms with Crippen molar-refractivity contribution < 1.29 is 12.3 Å². The molecule has 0 bridgehead atoms. The van der Waals surface area contributed by atoms with Gasteiger partial charge in [-0.15, -0.1) is 11.3 Å². The minimum absolute atomic E-state index is 0.332. The van der Waals surface area contributed by atoms with E-state index in [1.54, 1.807) is 30.3 Å². The number of aromatic nitrogens is 1. The van der Waals surface area contributed by atoms with Gasteiger partial charge in [-0.3, -0.25) is 0 Å². The molecule has 0 atom stereocenters. The molecule has 0 N–H and O–H groups in total. The van der Waals surface area contributed by atoms with E-state index in [-0.39, 0.29) is 0 Å². The van der Waals surface area contributed by atoms with Crippen molar-refractivity contribution in [3.8, 4) is 10.4 Å². The van der Waals surface area contributed by atoms with Gasteiger partial charge >= 0.3 is 10.2 Å². The first-order valence-corrected chi connectivity index (χ1v) is 6.29. The Morgan fingerprint density at radius 2 is 1.87 bits per heavy atom. The summed E-state index contributed by atoms with van der Waals surface area (Å²) in [6.45, 7) is 0. The molecule has 1 heterocycles. The van der Waals surface area contributed by atoms with Crippen molar-refractivity contribution in [3.05, 3.63) is 35.8 Å². The smallest absolute Gasteiger partial charge is 0.230 e. The Kier molecular flexibility index (Phi) is 2.54. The fourth-order valence-electron chi connectivity index (χ4n) is 1.19. The SMILES string of the molecule is O=S(=O)(F)c1ncsc1-c1ccccc1. The van der Waals surface area contributed by atoms with Gasteiger partial charge < -0.3 is 0 Å². The van der Waals surface area contributed by atoms with Gasteiger partial charge in [-0.1, -0.05) is 34.2 Å². The van der Waals surface area contributed by atoms with Crippen LogP contribution in [0, 0.1) is 0 Å². The van der Waals surface area contributed by atoms with Gasteiger partial charge in [0.1, 0.15) is 0 Å². The fourth-order valence-corrected chi connectivity index (χ4v) is 2.91. The molecule has 0 spiro atoms. The van der Waals surface area contributed by atoms with Crippen molar-refractivity contribution in [1.82, 2.24) is 4.98 Å². The molecule has 0 amide bonds. The lowest BCUT2D eigenvalue weighted by molar-refractivity contribution is 0.549. The molecule has 1 aromatic heterocycles. The maximum absolute atomic E-state index is 12.8. The molecular weight excluding hydrogens is 237 g/mol. The second-order valence-electron chi connectivity index (χ2n) is 2.79. The van der Waals surface area contributed by atoms with Crippen molar-refractivity contribution in [2.24, 2.45) is 0 Å². The van der Waals surface area contributed by atoms with E-state index in [1.807, 2.05) is 0 Å². The van der Waals surface area contributed by atoms with E-state index < -0.39 is 15.2 Å². The van der Waals surface area contributed by atoms with Crippen LogP contribution in [0.1, 0.15) is 0 Å². The van der Waals surface area contributed by atoms with Crippen LogP contribution >= 0.6 is 11.3 Å². The number of halogens is 1. The van der Waals surface area contributed by atoms with Crippen LogP contribution in [-0.2, 0) is 10.2 Å². The largest absolute Gasteiger partial charge is 0.351 e. The van der Waals surface area contributed by atoms with E-state index in [0.29, 0.717) is 10.4 Å². The normalized spacial score (nSPS) is 11.5. The monoisotopic (exact) mass is 243 g/mol. The molecule has 2 aromatic rings. The van der Waals surface area contributed by atoms with Gasteiger partial charge in [-0.05, 0) is 5.56 Å². The first kappa shape index (κ1) is 10.3. The molecular formula is C9H6FNO2S2. The number of hydrogen-bond acceptors (Lipinski definition) is 4. The molecule has 0 saturated heterocycles. The lowest BCUT2D eigenvalue weighted by atomic mass is 10.2. The molecule has 3 nitrogen and oxygen atoms in total. The summed E-state index contributed by atoms with van der Waals surface area (Å²) in [6.07, 6.45) is 0. The summed E-state index contributed by atoms with van der Waals surface area (Å²) >= 11 is 1.10. The van der Waals surface area contributed by atoms with Crippen LogP contribution in [0.25, 0.3) is 10.4 Å². The molecule has 0 aliphatic heterocycles. The summed E-state index contributed by atoms with van der Waals surface area (Å²) in [6, 6.07) is 8.73. The summed E-state index contributed by atoms with van der Waals surface area (Å²) in [5.41, 5.74) is 1.96. The molecule has 0 radical (unpaired) electrons. The Balaban J connectivity index is 2.61. The van der Waals surface area contributed by atoms with Gasteiger partial charge in [0.05, 0.1) is 10.4 Å². The number of rotatable bonds is 2. The minimum atomic E-state index is -4.74. The Morgan fingerprint density at radius 3 is 2.47 bits per heavy atom. The highest BCUT2D eigenvalue weighted by Crippen LogP contribution is 2.31. The van der Waals surface area contributed by atoms with E-state index in [9.17, 15) is 12.3 Å². The highest BCUT2D eigenvalue weighted by Gasteiger charge is 2.21. The van der Waals surface area contributed by atoms with Gasteiger partial charge in [0.25, 0.3) is 0 Å². The highest BCUT2D eigenvalue weighted by atomic mass is 32.3. The predicted octanol–water partition coefficient (Wildman–Crippen LogP) is 2.47. The minimum Gasteiger partial charge on any atom is -0.230 e. The molecule has 1 aromatic carbocycles. The third-order valence-corrected chi connectivity index (χ3v) is 3.58. The van der Waals surface area contributed by atoms with Crippen molar-refractivity contribution in [1.29, 1.82) is 0 Å². The first-order valence-electron chi connectivity index (χ1n) is 4.02. The molecule has 15 heavy (non-hydrogen) atoms. The van der Waals surface area contributed by atoms with Crippen LogP contribution in [0.5, 0.6) is 0 Å². The number of nitrogens with zero attached hydrogens (tertiary/aromatic N) is 1. The third-order valence-electron chi connectivity index (χ3n) is 1.80. The number of thiazole rings is 1. The van der Waals surface area contributed by atoms with E-state index in [2.05, 4.69) is 4.98 Å². The van der Waals surface area contributed by atoms with Crippen LogP contribution in [0.15, 0.2) is 40.9 Å². The first-order chi connectivity index (χ1) is 7.09. The number of hydrogen-bond donors (Lipinski definition) is 0. The molecule has 0 saturated carbocycles. The Hall–Kier alpha value is -1.27. The average Bonchev–Trinajstić information content (AvgIpc) is 2.67. The summed E-state index contributed by atoms with van der Waals surface area (Å²) in [7, 11) is -4.74. The lowest BCUT2D eigenvalue weighted by Gasteiger charge is -1.97. The van der Waals surface area contributed by atoms with E-state index in [1.165, 1.54) is 5.51 Å². The maximum atomic E-state index is 12.8. The van der Waals surface area contributed by atoms with Crippen molar-refractivity contribution in [2.75, 3.05) is 0 Å². The van der Waals surface area contributed by atoms with Gasteiger partial charge in [0.15, 0.2) is 0 Å². The number of benzene rings is 1. The van der Waals surface area contributed by atoms with E-state index >= 15 is 0 Å². The summed E-state index contributed by atoms with van der Waals surface area (Å²) < 4.78 is 34.3. The summed E-state index contributed by atoms with van der Waals surface area (Å²) in [5.74, 6) is 0. The Bertz CT molecular complexity index is 563. The fraction of sp³-hybridized carbons (Fsp3) is 0. The van der Waals surface area contributed by atoms with Gasteiger partial charge in [-0.2, -0.15) is 8.42 Å². The predicted molar refractivity (Wildman–Crippen MR) is 55.8 cm³/mol. The Morgan fingerprint density at radius 1 is 1.20 bits per heavy atom. The van der Waals surface area contributed by atoms with Crippen LogP contribution in [0.2, 0.25) is 0 Å². The summed E-state index contributed by atoms with van der Waals surface area (Å²) in [4.78, 5) is 3.85. The maximum Gasteiger partial charge on any atom is 0.351 e. The molecule has 0 unspecified atom stereocenters. The van der Waals surface area contributed by atoms with Crippen LogP contribution in [0.4, 0.5) is 3.89 Å². The van der Waals surface area contributed by atoms with E-state index in [4.69, 9.17) is 0 Å². The quantitative estimate of drug-likeness (QED) is 0.761. The molecule has 2 rings (SSSR count). The van der Waals surface area contributed by atoms with Crippen molar-refractivity contribution in [2.45, 2.75) is 5.03 Å². The van der Waals surface area contributed by atoms with Gasteiger partial charge in [-0.25, -0.2) is 4.98 Å². The van der Waals surface area contributed by atoms with Crippen LogP contribution in [0.3, 0.4) is 0 Å². The van der Waals surface area contributed by atoms with Crippen LogP contribution in [-0.4, -0.2) is 13.4 Å². The van der Waals surface area contributed by atoms with Crippen molar-refractivity contribution >= 4 is 21.6 Å². The third kappa shape index (κ3) is 2.05. The molecule has 6 heteroatoms. The second-order valence-corrected chi connectivity index (χ2v) is 4.91. The highest BCUT2D eigenvalue weighted by molar-refractivity contribution is 7.86. The zero-order valence-electron chi connectivity index (χ0n) is 7.42. The van der Waals surface area contributed by atoms with Gasteiger partial charge in [0, 0.05) is 0 Å². The molecule has 0 fully saturated rings. The molecule has 78 valence electrons. The lowest BCUT2D eigenvalue weighted by Crippen LogP contribution is -1.94. The molecule has 0 aliphatic rings. The van der Waals surface area contributed by atoms with E-state index in [0.717, 1.165) is 11.3 Å². The zero-order valence-corrected chi connectivity index (χ0v) is 9.06. The zero-order chi connectivity index (χ0) is 10.9. The second kappa shape index (κ2) is 3.71. The van der Waals surface area contributed by atoms with Gasteiger partial charge in [0.2, 0.25) is 5.03 Å². The standard InChI is InChI=1S/C9H6FNO2S2/c10-15(12,13)9-8(14-6-11-9)7-4-2-1-3-5-7/h1-6H.